The molecule has 0 aliphatic heterocycles. The summed E-state index contributed by atoms with van der Waals surface area (Å²) in [5.41, 5.74) is 7.66. The van der Waals surface area contributed by atoms with Crippen LogP contribution in [0.15, 0.2) is 40.9 Å². The zero-order valence-corrected chi connectivity index (χ0v) is 17.5. The van der Waals surface area contributed by atoms with Crippen LogP contribution in [0.2, 0.25) is 0 Å². The van der Waals surface area contributed by atoms with Crippen molar-refractivity contribution in [3.8, 4) is 5.75 Å². The van der Waals surface area contributed by atoms with Gasteiger partial charge in [-0.25, -0.2) is 0 Å². The predicted molar refractivity (Wildman–Crippen MR) is 110 cm³/mol. The lowest BCUT2D eigenvalue weighted by Crippen LogP contribution is -2.42. The van der Waals surface area contributed by atoms with E-state index in [0.717, 1.165) is 11.1 Å². The van der Waals surface area contributed by atoms with Crippen LogP contribution >= 0.6 is 15.9 Å². The second-order valence-corrected chi connectivity index (χ2v) is 7.13. The van der Waals surface area contributed by atoms with E-state index < -0.39 is 11.8 Å². The van der Waals surface area contributed by atoms with Crippen LogP contribution in [-0.2, 0) is 9.59 Å². The molecule has 0 aliphatic carbocycles. The second kappa shape index (κ2) is 9.89. The number of nitrogens with one attached hydrogen (secondary N) is 3. The first-order valence-electron chi connectivity index (χ1n) is 8.60. The molecule has 28 heavy (non-hydrogen) atoms. The summed E-state index contributed by atoms with van der Waals surface area (Å²) in [7, 11) is 1.45. The third-order valence-electron chi connectivity index (χ3n) is 3.96. The Hall–Kier alpha value is -2.87. The highest BCUT2D eigenvalue weighted by molar-refractivity contribution is 9.10. The molecule has 0 bridgehead atoms. The first-order chi connectivity index (χ1) is 13.3. The van der Waals surface area contributed by atoms with Crippen molar-refractivity contribution in [1.82, 2.24) is 10.9 Å². The van der Waals surface area contributed by atoms with Crippen LogP contribution in [0.4, 0.5) is 5.69 Å². The van der Waals surface area contributed by atoms with Crippen molar-refractivity contribution >= 4 is 39.3 Å². The minimum Gasteiger partial charge on any atom is -0.496 e. The molecule has 0 saturated carbocycles. The number of rotatable bonds is 6. The van der Waals surface area contributed by atoms with Crippen molar-refractivity contribution in [3.63, 3.8) is 0 Å². The van der Waals surface area contributed by atoms with Gasteiger partial charge in [-0.2, -0.15) is 0 Å². The van der Waals surface area contributed by atoms with Gasteiger partial charge in [-0.1, -0.05) is 33.6 Å². The van der Waals surface area contributed by atoms with Gasteiger partial charge >= 0.3 is 0 Å². The third kappa shape index (κ3) is 6.09. The van der Waals surface area contributed by atoms with Crippen LogP contribution < -0.4 is 20.9 Å². The maximum absolute atomic E-state index is 12.2. The molecule has 148 valence electrons. The van der Waals surface area contributed by atoms with Gasteiger partial charge in [-0.15, -0.1) is 0 Å². The van der Waals surface area contributed by atoms with Crippen LogP contribution in [0.3, 0.4) is 0 Å². The number of carbonyl (C=O) groups excluding carboxylic acids is 3. The number of amides is 3. The fourth-order valence-electron chi connectivity index (χ4n) is 2.51. The summed E-state index contributed by atoms with van der Waals surface area (Å²) in [5, 5.41) is 2.78. The molecule has 0 atom stereocenters. The molecule has 0 aromatic heterocycles. The van der Waals surface area contributed by atoms with Gasteiger partial charge in [0.25, 0.3) is 5.91 Å². The van der Waals surface area contributed by atoms with Crippen molar-refractivity contribution in [3.05, 3.63) is 57.6 Å². The van der Waals surface area contributed by atoms with E-state index in [0.29, 0.717) is 15.9 Å². The van der Waals surface area contributed by atoms with E-state index in [1.54, 1.807) is 18.2 Å². The normalized spacial score (nSPS) is 10.1. The van der Waals surface area contributed by atoms with Gasteiger partial charge < -0.3 is 10.1 Å². The van der Waals surface area contributed by atoms with E-state index in [4.69, 9.17) is 4.74 Å². The Morgan fingerprint density at radius 3 is 2.36 bits per heavy atom. The van der Waals surface area contributed by atoms with E-state index in [9.17, 15) is 14.4 Å². The van der Waals surface area contributed by atoms with E-state index in [1.165, 1.54) is 7.11 Å². The molecule has 2 aromatic rings. The van der Waals surface area contributed by atoms with Gasteiger partial charge in [0.05, 0.1) is 12.7 Å². The number of carbonyl (C=O) groups is 3. The summed E-state index contributed by atoms with van der Waals surface area (Å²) in [5.74, 6) is -0.894. The number of hydrazine groups is 1. The fourth-order valence-corrected chi connectivity index (χ4v) is 2.87. The molecule has 7 nitrogen and oxygen atoms in total. The number of anilines is 1. The number of aryl methyl sites for hydroxylation is 2. The van der Waals surface area contributed by atoms with Crippen LogP contribution in [0.25, 0.3) is 0 Å². The average molecular weight is 448 g/mol. The standard InChI is InChI=1S/C20H22BrN3O4/c1-12-4-6-16(13(2)10-12)22-18(25)8-9-19(26)23-24-20(27)15-11-14(21)5-7-17(15)28-3/h4-7,10-11H,8-9H2,1-3H3,(H,22,25)(H,23,26)(H,24,27). The quantitative estimate of drug-likeness (QED) is 0.592. The Bertz CT molecular complexity index is 899. The highest BCUT2D eigenvalue weighted by atomic mass is 79.9. The number of methoxy groups -OCH3 is 1. The van der Waals surface area contributed by atoms with Crippen LogP contribution in [0.1, 0.15) is 34.3 Å². The van der Waals surface area contributed by atoms with Gasteiger partial charge in [0, 0.05) is 23.0 Å². The first-order valence-corrected chi connectivity index (χ1v) is 9.39. The maximum Gasteiger partial charge on any atom is 0.273 e. The Kier molecular flexibility index (Phi) is 7.57. The zero-order valence-electron chi connectivity index (χ0n) is 15.9. The maximum atomic E-state index is 12.2. The van der Waals surface area contributed by atoms with Crippen molar-refractivity contribution in [2.24, 2.45) is 0 Å². The Morgan fingerprint density at radius 1 is 0.964 bits per heavy atom. The lowest BCUT2D eigenvalue weighted by Gasteiger charge is -2.11. The lowest BCUT2D eigenvalue weighted by atomic mass is 10.1. The molecule has 0 aliphatic rings. The monoisotopic (exact) mass is 447 g/mol. The summed E-state index contributed by atoms with van der Waals surface area (Å²) in [4.78, 5) is 36.2. The minimum absolute atomic E-state index is 0.00474. The van der Waals surface area contributed by atoms with Gasteiger partial charge in [0.1, 0.15) is 5.75 Å². The van der Waals surface area contributed by atoms with Crippen molar-refractivity contribution in [2.75, 3.05) is 12.4 Å². The number of hydrogen-bond acceptors (Lipinski definition) is 4. The molecular weight excluding hydrogens is 426 g/mol. The van der Waals surface area contributed by atoms with E-state index >= 15 is 0 Å². The molecule has 0 saturated heterocycles. The van der Waals surface area contributed by atoms with Crippen LogP contribution in [-0.4, -0.2) is 24.8 Å². The molecule has 0 heterocycles. The first kappa shape index (κ1) is 21.4. The van der Waals surface area contributed by atoms with Crippen molar-refractivity contribution in [2.45, 2.75) is 26.7 Å². The Balaban J connectivity index is 1.81. The topological polar surface area (TPSA) is 96.5 Å². The lowest BCUT2D eigenvalue weighted by molar-refractivity contribution is -0.124. The molecule has 2 aromatic carbocycles. The second-order valence-electron chi connectivity index (χ2n) is 6.21. The number of hydrogen-bond donors (Lipinski definition) is 3. The van der Waals surface area contributed by atoms with Gasteiger partial charge in [0.2, 0.25) is 11.8 Å². The molecule has 3 amide bonds. The molecule has 8 heteroatoms. The molecule has 0 spiro atoms. The van der Waals surface area contributed by atoms with Crippen molar-refractivity contribution in [1.29, 1.82) is 0 Å². The number of halogens is 1. The number of benzene rings is 2. The average Bonchev–Trinajstić information content (AvgIpc) is 2.66. The Morgan fingerprint density at radius 2 is 1.68 bits per heavy atom. The van der Waals surface area contributed by atoms with Gasteiger partial charge in [0.15, 0.2) is 0 Å². The SMILES string of the molecule is COc1ccc(Br)cc1C(=O)NNC(=O)CCC(=O)Nc1ccc(C)cc1C. The third-order valence-corrected chi connectivity index (χ3v) is 4.45. The van der Waals surface area contributed by atoms with Crippen molar-refractivity contribution < 1.29 is 19.1 Å². The minimum atomic E-state index is -0.522. The molecule has 3 N–H and O–H groups in total. The van der Waals surface area contributed by atoms with Crippen LogP contribution in [0.5, 0.6) is 5.75 Å². The molecule has 0 fully saturated rings. The number of ether oxygens (including phenoxy) is 1. The summed E-state index contributed by atoms with van der Waals surface area (Å²) < 4.78 is 5.84. The fraction of sp³-hybridized carbons (Fsp3) is 0.250. The Labute approximate surface area is 171 Å². The molecule has 0 radical (unpaired) electrons. The smallest absolute Gasteiger partial charge is 0.273 e. The highest BCUT2D eigenvalue weighted by Crippen LogP contribution is 2.22. The highest BCUT2D eigenvalue weighted by Gasteiger charge is 2.14. The summed E-state index contributed by atoms with van der Waals surface area (Å²) in [6.07, 6.45) is -0.0676. The van der Waals surface area contributed by atoms with E-state index in [2.05, 4.69) is 32.1 Å². The van der Waals surface area contributed by atoms with E-state index in [-0.39, 0.29) is 24.3 Å². The molecule has 0 unspecified atom stereocenters. The largest absolute Gasteiger partial charge is 0.496 e. The predicted octanol–water partition coefficient (Wildman–Crippen LogP) is 3.25. The molecule has 2 rings (SSSR count). The summed E-state index contributed by atoms with van der Waals surface area (Å²) >= 11 is 3.28. The summed E-state index contributed by atoms with van der Waals surface area (Å²) in [6, 6.07) is 10.7. The van der Waals surface area contributed by atoms with E-state index in [1.807, 2.05) is 32.0 Å². The van der Waals surface area contributed by atoms with Gasteiger partial charge in [-0.05, 0) is 43.7 Å². The van der Waals surface area contributed by atoms with Crippen LogP contribution in [0, 0.1) is 13.8 Å². The summed E-state index contributed by atoms with van der Waals surface area (Å²) in [6.45, 7) is 3.88. The molecular formula is C20H22BrN3O4. The van der Waals surface area contributed by atoms with Gasteiger partial charge in [-0.3, -0.25) is 25.2 Å². The zero-order chi connectivity index (χ0) is 20.7.